The molecule has 9 heteroatoms. The molecule has 0 unspecified atom stereocenters. The van der Waals surface area contributed by atoms with Crippen molar-refractivity contribution < 1.29 is 17.7 Å². The number of rotatable bonds is 5. The minimum atomic E-state index is -3.25. The Morgan fingerprint density at radius 1 is 1.30 bits per heavy atom. The van der Waals surface area contributed by atoms with Gasteiger partial charge in [-0.25, -0.2) is 13.2 Å². The average Bonchev–Trinajstić information content (AvgIpc) is 3.24. The van der Waals surface area contributed by atoms with Gasteiger partial charge in [0, 0.05) is 17.9 Å². The van der Waals surface area contributed by atoms with Crippen molar-refractivity contribution in [2.75, 3.05) is 11.6 Å². The Labute approximate surface area is 133 Å². The molecule has 1 fully saturated rings. The first-order chi connectivity index (χ1) is 10.9. The lowest BCUT2D eigenvalue weighted by atomic mass is 10.3. The van der Waals surface area contributed by atoms with E-state index in [2.05, 4.69) is 20.8 Å². The van der Waals surface area contributed by atoms with Gasteiger partial charge in [0.2, 0.25) is 5.89 Å². The molecule has 0 radical (unpaired) electrons. The highest BCUT2D eigenvalue weighted by Gasteiger charge is 2.28. The van der Waals surface area contributed by atoms with Crippen LogP contribution in [0.15, 0.2) is 33.7 Å². The van der Waals surface area contributed by atoms with Crippen molar-refractivity contribution >= 4 is 21.6 Å². The van der Waals surface area contributed by atoms with E-state index in [1.165, 1.54) is 24.3 Å². The van der Waals surface area contributed by atoms with E-state index in [0.29, 0.717) is 23.3 Å². The highest BCUT2D eigenvalue weighted by atomic mass is 32.2. The topological polar surface area (TPSA) is 114 Å². The van der Waals surface area contributed by atoms with Gasteiger partial charge in [0.05, 0.1) is 11.4 Å². The van der Waals surface area contributed by atoms with Gasteiger partial charge in [0.1, 0.15) is 0 Å². The van der Waals surface area contributed by atoms with Crippen molar-refractivity contribution in [2.45, 2.75) is 30.2 Å². The first-order valence-electron chi connectivity index (χ1n) is 7.09. The van der Waals surface area contributed by atoms with Crippen molar-refractivity contribution in [1.29, 1.82) is 0 Å². The maximum atomic E-state index is 11.8. The minimum Gasteiger partial charge on any atom is -0.337 e. The van der Waals surface area contributed by atoms with Gasteiger partial charge in [-0.3, -0.25) is 0 Å². The molecular weight excluding hydrogens is 320 g/mol. The van der Waals surface area contributed by atoms with Crippen LogP contribution < -0.4 is 10.6 Å². The molecule has 1 heterocycles. The largest absolute Gasteiger partial charge is 0.337 e. The number of anilines is 1. The molecule has 2 aromatic rings. The number of amides is 2. The SMILES string of the molecule is CS(=O)(=O)c1ccc(NC(=O)NCc2nc(C3CC3)no2)cc1. The van der Waals surface area contributed by atoms with Crippen LogP contribution >= 0.6 is 0 Å². The van der Waals surface area contributed by atoms with Gasteiger partial charge in [-0.1, -0.05) is 5.16 Å². The number of hydrogen-bond donors (Lipinski definition) is 2. The molecule has 1 aliphatic carbocycles. The van der Waals surface area contributed by atoms with Crippen LogP contribution in [0.4, 0.5) is 10.5 Å². The number of benzene rings is 1. The van der Waals surface area contributed by atoms with Gasteiger partial charge in [-0.05, 0) is 37.1 Å². The number of urea groups is 1. The van der Waals surface area contributed by atoms with E-state index in [0.717, 1.165) is 19.1 Å². The van der Waals surface area contributed by atoms with Crippen molar-refractivity contribution in [3.8, 4) is 0 Å². The van der Waals surface area contributed by atoms with Crippen LogP contribution in [0.2, 0.25) is 0 Å². The summed E-state index contributed by atoms with van der Waals surface area (Å²) in [6, 6.07) is 5.47. The molecule has 1 saturated carbocycles. The predicted octanol–water partition coefficient (Wildman–Crippen LogP) is 1.67. The van der Waals surface area contributed by atoms with E-state index in [-0.39, 0.29) is 11.4 Å². The highest BCUT2D eigenvalue weighted by Crippen LogP contribution is 2.38. The summed E-state index contributed by atoms with van der Waals surface area (Å²) in [5.41, 5.74) is 0.485. The zero-order valence-electron chi connectivity index (χ0n) is 12.4. The summed E-state index contributed by atoms with van der Waals surface area (Å²) in [6.45, 7) is 0.132. The second kappa shape index (κ2) is 5.99. The molecule has 0 aliphatic heterocycles. The number of sulfone groups is 1. The molecule has 0 bridgehead atoms. The second-order valence-corrected chi connectivity index (χ2v) is 7.44. The lowest BCUT2D eigenvalue weighted by Gasteiger charge is -2.06. The lowest BCUT2D eigenvalue weighted by molar-refractivity contribution is 0.249. The van der Waals surface area contributed by atoms with Crippen LogP contribution in [0.5, 0.6) is 0 Å². The molecule has 0 saturated heterocycles. The fourth-order valence-corrected chi connectivity index (χ4v) is 2.59. The maximum Gasteiger partial charge on any atom is 0.319 e. The molecule has 122 valence electrons. The molecule has 2 N–H and O–H groups in total. The summed E-state index contributed by atoms with van der Waals surface area (Å²) in [6.07, 6.45) is 3.29. The number of aromatic nitrogens is 2. The van der Waals surface area contributed by atoms with Gasteiger partial charge < -0.3 is 15.2 Å². The molecule has 0 atom stereocenters. The normalized spacial score (nSPS) is 14.5. The van der Waals surface area contributed by atoms with Gasteiger partial charge in [-0.2, -0.15) is 4.98 Å². The van der Waals surface area contributed by atoms with Crippen molar-refractivity contribution in [3.05, 3.63) is 36.0 Å². The van der Waals surface area contributed by atoms with Gasteiger partial charge in [0.15, 0.2) is 15.7 Å². The third-order valence-electron chi connectivity index (χ3n) is 3.37. The van der Waals surface area contributed by atoms with Gasteiger partial charge >= 0.3 is 6.03 Å². The number of carbonyl (C=O) groups is 1. The molecule has 2 amide bonds. The molecule has 1 aromatic heterocycles. The van der Waals surface area contributed by atoms with Gasteiger partial charge in [0.25, 0.3) is 0 Å². The Kier molecular flexibility index (Phi) is 4.03. The van der Waals surface area contributed by atoms with E-state index >= 15 is 0 Å². The summed E-state index contributed by atoms with van der Waals surface area (Å²) in [4.78, 5) is 16.2. The summed E-state index contributed by atoms with van der Waals surface area (Å²) >= 11 is 0. The van der Waals surface area contributed by atoms with Crippen molar-refractivity contribution in [3.63, 3.8) is 0 Å². The van der Waals surface area contributed by atoms with Crippen molar-refractivity contribution in [2.24, 2.45) is 0 Å². The van der Waals surface area contributed by atoms with E-state index in [1.54, 1.807) is 0 Å². The van der Waals surface area contributed by atoms with Crippen molar-refractivity contribution in [1.82, 2.24) is 15.5 Å². The summed E-state index contributed by atoms with van der Waals surface area (Å²) < 4.78 is 27.8. The third-order valence-corrected chi connectivity index (χ3v) is 4.50. The Hall–Kier alpha value is -2.42. The molecule has 8 nitrogen and oxygen atoms in total. The summed E-state index contributed by atoms with van der Waals surface area (Å²) in [7, 11) is -3.25. The first kappa shape index (κ1) is 15.5. The lowest BCUT2D eigenvalue weighted by Crippen LogP contribution is -2.28. The van der Waals surface area contributed by atoms with Crippen LogP contribution in [0.3, 0.4) is 0 Å². The predicted molar refractivity (Wildman–Crippen MR) is 81.7 cm³/mol. The van der Waals surface area contributed by atoms with E-state index < -0.39 is 15.9 Å². The highest BCUT2D eigenvalue weighted by molar-refractivity contribution is 7.90. The zero-order chi connectivity index (χ0) is 16.4. The molecule has 23 heavy (non-hydrogen) atoms. The zero-order valence-corrected chi connectivity index (χ0v) is 13.3. The van der Waals surface area contributed by atoms with Crippen LogP contribution in [0.25, 0.3) is 0 Å². The number of nitrogens with one attached hydrogen (secondary N) is 2. The molecule has 1 aromatic carbocycles. The van der Waals surface area contributed by atoms with Crippen LogP contribution in [0.1, 0.15) is 30.5 Å². The minimum absolute atomic E-state index is 0.132. The number of nitrogens with zero attached hydrogens (tertiary/aromatic N) is 2. The monoisotopic (exact) mass is 336 g/mol. The Bertz CT molecular complexity index is 810. The molecule has 1 aliphatic rings. The van der Waals surface area contributed by atoms with E-state index in [9.17, 15) is 13.2 Å². The molecular formula is C14H16N4O4S. The second-order valence-electron chi connectivity index (χ2n) is 5.42. The summed E-state index contributed by atoms with van der Waals surface area (Å²) in [5.74, 6) is 1.45. The quantitative estimate of drug-likeness (QED) is 0.858. The fraction of sp³-hybridized carbons (Fsp3) is 0.357. The average molecular weight is 336 g/mol. The standard InChI is InChI=1S/C14H16N4O4S/c1-23(20,21)11-6-4-10(5-7-11)16-14(19)15-8-12-17-13(18-22-12)9-2-3-9/h4-7,9H,2-3,8H2,1H3,(H2,15,16,19). The first-order valence-corrected chi connectivity index (χ1v) is 8.98. The molecule has 0 spiro atoms. The maximum absolute atomic E-state index is 11.8. The van der Waals surface area contributed by atoms with Gasteiger partial charge in [-0.15, -0.1) is 0 Å². The fourth-order valence-electron chi connectivity index (χ4n) is 1.96. The van der Waals surface area contributed by atoms with Crippen LogP contribution in [0, 0.1) is 0 Å². The van der Waals surface area contributed by atoms with Crippen LogP contribution in [-0.4, -0.2) is 30.8 Å². The third kappa shape index (κ3) is 4.07. The van der Waals surface area contributed by atoms with Crippen LogP contribution in [-0.2, 0) is 16.4 Å². The Morgan fingerprint density at radius 3 is 2.61 bits per heavy atom. The Morgan fingerprint density at radius 2 is 2.00 bits per heavy atom. The van der Waals surface area contributed by atoms with E-state index in [1.807, 2.05) is 0 Å². The number of carbonyl (C=O) groups excluding carboxylic acids is 1. The molecule has 3 rings (SSSR count). The smallest absolute Gasteiger partial charge is 0.319 e. The Balaban J connectivity index is 1.52. The summed E-state index contributed by atoms with van der Waals surface area (Å²) in [5, 5.41) is 9.06. The number of hydrogen-bond acceptors (Lipinski definition) is 6. The van der Waals surface area contributed by atoms with E-state index in [4.69, 9.17) is 4.52 Å².